The van der Waals surface area contributed by atoms with Crippen LogP contribution in [0.1, 0.15) is 10.8 Å². The minimum atomic E-state index is 0.143. The highest BCUT2D eigenvalue weighted by Crippen LogP contribution is 2.39. The monoisotopic (exact) mass is 298 g/mol. The van der Waals surface area contributed by atoms with Crippen LogP contribution in [0.5, 0.6) is 0 Å². The number of aromatic nitrogens is 1. The van der Waals surface area contributed by atoms with Gasteiger partial charge in [0.25, 0.3) is 0 Å². The average Bonchev–Trinajstić information content (AvgIpc) is 2.41. The number of thioether (sulfide) groups is 1. The first kappa shape index (κ1) is 13.7. The lowest BCUT2D eigenvalue weighted by atomic mass is 10.2. The summed E-state index contributed by atoms with van der Waals surface area (Å²) in [4.78, 5) is 4.94. The highest BCUT2D eigenvalue weighted by Gasteiger charge is 2.13. The van der Waals surface area contributed by atoms with E-state index >= 15 is 0 Å². The van der Waals surface area contributed by atoms with Crippen LogP contribution in [0.3, 0.4) is 0 Å². The van der Waals surface area contributed by atoms with Crippen LogP contribution in [0.4, 0.5) is 0 Å². The fraction of sp³-hybridized carbons (Fsp3) is 0.154. The third-order valence-corrected chi connectivity index (χ3v) is 4.47. The van der Waals surface area contributed by atoms with Crippen molar-refractivity contribution in [3.05, 3.63) is 58.3 Å². The minimum Gasteiger partial charge on any atom is -0.329 e. The summed E-state index contributed by atoms with van der Waals surface area (Å²) in [6, 6.07) is 9.36. The highest BCUT2D eigenvalue weighted by molar-refractivity contribution is 7.99. The molecule has 1 aromatic carbocycles. The standard InChI is InChI=1S/C13H12Cl2N2S/c14-10-1-2-11(15)12(7-10)18-13(8-16)9-3-5-17-6-4-9/h1-7,13H,8,16H2. The Morgan fingerprint density at radius 2 is 1.89 bits per heavy atom. The summed E-state index contributed by atoms with van der Waals surface area (Å²) in [6.07, 6.45) is 3.52. The molecule has 1 unspecified atom stereocenters. The van der Waals surface area contributed by atoms with E-state index in [1.807, 2.05) is 18.2 Å². The van der Waals surface area contributed by atoms with E-state index in [1.54, 1.807) is 36.3 Å². The summed E-state index contributed by atoms with van der Waals surface area (Å²) < 4.78 is 0. The van der Waals surface area contributed by atoms with Gasteiger partial charge in [-0.15, -0.1) is 11.8 Å². The van der Waals surface area contributed by atoms with Gasteiger partial charge < -0.3 is 5.73 Å². The number of pyridine rings is 1. The van der Waals surface area contributed by atoms with Crippen molar-refractivity contribution in [2.75, 3.05) is 6.54 Å². The molecule has 0 spiro atoms. The summed E-state index contributed by atoms with van der Waals surface area (Å²) in [5, 5.41) is 1.51. The molecule has 0 saturated carbocycles. The molecule has 2 N–H and O–H groups in total. The van der Waals surface area contributed by atoms with Crippen molar-refractivity contribution >= 4 is 35.0 Å². The normalized spacial score (nSPS) is 12.4. The summed E-state index contributed by atoms with van der Waals surface area (Å²) >= 11 is 13.7. The molecular weight excluding hydrogens is 287 g/mol. The Morgan fingerprint density at radius 1 is 1.17 bits per heavy atom. The van der Waals surface area contributed by atoms with E-state index in [0.29, 0.717) is 16.6 Å². The molecule has 0 aliphatic heterocycles. The van der Waals surface area contributed by atoms with Crippen molar-refractivity contribution < 1.29 is 0 Å². The SMILES string of the molecule is NCC(Sc1cc(Cl)ccc1Cl)c1ccncc1. The molecule has 0 aliphatic rings. The molecule has 1 heterocycles. The second kappa shape index (κ2) is 6.43. The number of halogens is 2. The molecule has 2 nitrogen and oxygen atoms in total. The lowest BCUT2D eigenvalue weighted by molar-refractivity contribution is 0.937. The van der Waals surface area contributed by atoms with Gasteiger partial charge in [0.1, 0.15) is 0 Å². The van der Waals surface area contributed by atoms with Crippen molar-refractivity contribution in [2.24, 2.45) is 5.73 Å². The van der Waals surface area contributed by atoms with Gasteiger partial charge in [-0.2, -0.15) is 0 Å². The molecule has 0 amide bonds. The molecule has 2 rings (SSSR count). The van der Waals surface area contributed by atoms with E-state index in [4.69, 9.17) is 28.9 Å². The maximum Gasteiger partial charge on any atom is 0.0543 e. The predicted octanol–water partition coefficient (Wildman–Crippen LogP) is 4.18. The number of benzene rings is 1. The third kappa shape index (κ3) is 3.39. The van der Waals surface area contributed by atoms with E-state index in [-0.39, 0.29) is 5.25 Å². The van der Waals surface area contributed by atoms with E-state index < -0.39 is 0 Å². The Balaban J connectivity index is 2.23. The van der Waals surface area contributed by atoms with Crippen LogP contribution in [0.25, 0.3) is 0 Å². The molecule has 5 heteroatoms. The Bertz CT molecular complexity index is 520. The minimum absolute atomic E-state index is 0.143. The number of hydrogen-bond donors (Lipinski definition) is 1. The molecule has 0 aliphatic carbocycles. The average molecular weight is 299 g/mol. The number of hydrogen-bond acceptors (Lipinski definition) is 3. The van der Waals surface area contributed by atoms with Gasteiger partial charge in [-0.25, -0.2) is 0 Å². The zero-order valence-corrected chi connectivity index (χ0v) is 11.8. The van der Waals surface area contributed by atoms with Gasteiger partial charge in [-0.3, -0.25) is 4.98 Å². The van der Waals surface area contributed by atoms with E-state index in [9.17, 15) is 0 Å². The molecule has 18 heavy (non-hydrogen) atoms. The van der Waals surface area contributed by atoms with Gasteiger partial charge in [-0.05, 0) is 35.9 Å². The van der Waals surface area contributed by atoms with Crippen molar-refractivity contribution in [3.8, 4) is 0 Å². The second-order valence-electron chi connectivity index (χ2n) is 3.70. The molecule has 0 saturated heterocycles. The van der Waals surface area contributed by atoms with Gasteiger partial charge in [0.05, 0.1) is 5.02 Å². The fourth-order valence-corrected chi connectivity index (χ4v) is 3.11. The molecule has 0 radical (unpaired) electrons. The van der Waals surface area contributed by atoms with Gasteiger partial charge >= 0.3 is 0 Å². The molecule has 1 atom stereocenters. The van der Waals surface area contributed by atoms with Crippen LogP contribution in [0.15, 0.2) is 47.6 Å². The van der Waals surface area contributed by atoms with Crippen LogP contribution in [-0.4, -0.2) is 11.5 Å². The molecular formula is C13H12Cl2N2S. The van der Waals surface area contributed by atoms with Gasteiger partial charge in [0.2, 0.25) is 0 Å². The lowest BCUT2D eigenvalue weighted by Crippen LogP contribution is -2.09. The maximum atomic E-state index is 6.15. The zero-order chi connectivity index (χ0) is 13.0. The fourth-order valence-electron chi connectivity index (χ4n) is 1.55. The summed E-state index contributed by atoms with van der Waals surface area (Å²) in [7, 11) is 0. The quantitative estimate of drug-likeness (QED) is 0.861. The molecule has 0 bridgehead atoms. The number of nitrogens with zero attached hydrogens (tertiary/aromatic N) is 1. The lowest BCUT2D eigenvalue weighted by Gasteiger charge is -2.15. The first-order valence-electron chi connectivity index (χ1n) is 5.42. The first-order chi connectivity index (χ1) is 8.70. The van der Waals surface area contributed by atoms with Gasteiger partial charge in [-0.1, -0.05) is 23.2 Å². The van der Waals surface area contributed by atoms with Crippen molar-refractivity contribution in [1.82, 2.24) is 4.98 Å². The van der Waals surface area contributed by atoms with Crippen molar-refractivity contribution in [1.29, 1.82) is 0 Å². The third-order valence-electron chi connectivity index (χ3n) is 2.45. The number of nitrogens with two attached hydrogens (primary N) is 1. The van der Waals surface area contributed by atoms with Crippen LogP contribution >= 0.6 is 35.0 Å². The molecule has 1 aromatic heterocycles. The predicted molar refractivity (Wildman–Crippen MR) is 78.4 cm³/mol. The first-order valence-corrected chi connectivity index (χ1v) is 7.06. The Labute approximate surface area is 121 Å². The van der Waals surface area contributed by atoms with Gasteiger partial charge in [0, 0.05) is 34.1 Å². The second-order valence-corrected chi connectivity index (χ2v) is 5.79. The van der Waals surface area contributed by atoms with Crippen LogP contribution in [0, 0.1) is 0 Å². The van der Waals surface area contributed by atoms with Crippen LogP contribution < -0.4 is 5.73 Å². The molecule has 2 aromatic rings. The smallest absolute Gasteiger partial charge is 0.0543 e. The summed E-state index contributed by atoms with van der Waals surface area (Å²) in [5.74, 6) is 0. The summed E-state index contributed by atoms with van der Waals surface area (Å²) in [6.45, 7) is 0.525. The topological polar surface area (TPSA) is 38.9 Å². The van der Waals surface area contributed by atoms with E-state index in [0.717, 1.165) is 10.5 Å². The number of rotatable bonds is 4. The van der Waals surface area contributed by atoms with Crippen molar-refractivity contribution in [3.63, 3.8) is 0 Å². The molecule has 0 fully saturated rings. The Morgan fingerprint density at radius 3 is 2.56 bits per heavy atom. The maximum absolute atomic E-state index is 6.15. The van der Waals surface area contributed by atoms with E-state index in [1.165, 1.54) is 0 Å². The van der Waals surface area contributed by atoms with Gasteiger partial charge in [0.15, 0.2) is 0 Å². The van der Waals surface area contributed by atoms with Crippen LogP contribution in [0.2, 0.25) is 10.0 Å². The van der Waals surface area contributed by atoms with E-state index in [2.05, 4.69) is 4.98 Å². The largest absolute Gasteiger partial charge is 0.329 e. The van der Waals surface area contributed by atoms with Crippen LogP contribution in [-0.2, 0) is 0 Å². The van der Waals surface area contributed by atoms with Crippen molar-refractivity contribution in [2.45, 2.75) is 10.1 Å². The summed E-state index contributed by atoms with van der Waals surface area (Å²) in [5.41, 5.74) is 6.96. The Hall–Kier alpha value is -0.740. The highest BCUT2D eigenvalue weighted by atomic mass is 35.5. The molecule has 94 valence electrons. The zero-order valence-electron chi connectivity index (χ0n) is 9.51. The Kier molecular flexibility index (Phi) is 4.89.